The summed E-state index contributed by atoms with van der Waals surface area (Å²) in [6, 6.07) is 3.61. The molecule has 6 nitrogen and oxygen atoms in total. The number of ether oxygens (including phenoxy) is 2. The van der Waals surface area contributed by atoms with E-state index in [9.17, 15) is 9.59 Å². The van der Waals surface area contributed by atoms with Crippen LogP contribution in [0.5, 0.6) is 0 Å². The average Bonchev–Trinajstić information content (AvgIpc) is 2.65. The van der Waals surface area contributed by atoms with Crippen LogP contribution in [0.1, 0.15) is 55.4 Å². The molecule has 0 aromatic rings. The Labute approximate surface area is 282 Å². The van der Waals surface area contributed by atoms with Crippen LogP contribution in [-0.4, -0.2) is 44.9 Å². The van der Waals surface area contributed by atoms with Crippen LogP contribution in [0.4, 0.5) is 0 Å². The summed E-state index contributed by atoms with van der Waals surface area (Å²) >= 11 is 20.2. The number of nitrogens with zero attached hydrogens (tertiary/aromatic N) is 2. The van der Waals surface area contributed by atoms with Gasteiger partial charge in [-0.05, 0) is 83.4 Å². The quantitative estimate of drug-likeness (QED) is 0.0677. The van der Waals surface area contributed by atoms with Crippen LogP contribution in [0.2, 0.25) is 0 Å². The van der Waals surface area contributed by atoms with Gasteiger partial charge in [0.2, 0.25) is 0 Å². The van der Waals surface area contributed by atoms with Gasteiger partial charge < -0.3 is 9.47 Å². The van der Waals surface area contributed by atoms with Crippen LogP contribution in [0.15, 0.2) is 9.81 Å². The predicted molar refractivity (Wildman–Crippen MR) is 191 cm³/mol. The molecular formula is C20H33I4N2O4S4V. The Hall–Kier alpha value is 2.08. The maximum atomic E-state index is 11.6. The second-order valence-electron chi connectivity index (χ2n) is 6.88. The zero-order valence-corrected chi connectivity index (χ0v) is 33.6. The van der Waals surface area contributed by atoms with E-state index >= 15 is 0 Å². The number of esters is 2. The molecular weight excluding hydrogens is 1020 g/mol. The van der Waals surface area contributed by atoms with Gasteiger partial charge >= 0.3 is 76.8 Å². The first-order valence-corrected chi connectivity index (χ1v) is 27.6. The maximum absolute atomic E-state index is 11.6. The third-order valence-corrected chi connectivity index (χ3v) is 4.08. The minimum absolute atomic E-state index is 0. The normalized spacial score (nSPS) is 8.80. The summed E-state index contributed by atoms with van der Waals surface area (Å²) in [6.45, 7) is 10.6. The molecule has 15 heteroatoms. The summed E-state index contributed by atoms with van der Waals surface area (Å²) in [5.41, 5.74) is -0.959. The third kappa shape index (κ3) is 49.6. The Morgan fingerprint density at radius 1 is 0.914 bits per heavy atom. The summed E-state index contributed by atoms with van der Waals surface area (Å²) in [6.07, 6.45) is 3.48. The number of thiocarbonyl (C=S) groups is 2. The molecule has 0 atom stereocenters. The van der Waals surface area contributed by atoms with Gasteiger partial charge in [0.05, 0.1) is 10.3 Å². The van der Waals surface area contributed by atoms with Crippen LogP contribution in [0, 0.1) is 22.7 Å². The van der Waals surface area contributed by atoms with Crippen molar-refractivity contribution in [3.8, 4) is 12.1 Å². The van der Waals surface area contributed by atoms with Crippen LogP contribution < -0.4 is 0 Å². The van der Waals surface area contributed by atoms with Gasteiger partial charge in [-0.3, -0.25) is 4.79 Å². The number of hydrogen-bond acceptors (Lipinski definition) is 10. The molecule has 0 aromatic carbocycles. The van der Waals surface area contributed by atoms with E-state index in [0.717, 1.165) is 0 Å². The number of carbonyl (C=O) groups is 2. The Morgan fingerprint density at radius 2 is 1.23 bits per heavy atom. The Bertz CT molecular complexity index is 716. The molecule has 0 aliphatic rings. The fraction of sp³-hybridized carbons (Fsp3) is 0.650. The molecule has 0 saturated heterocycles. The van der Waals surface area contributed by atoms with Gasteiger partial charge in [-0.2, -0.15) is 10.5 Å². The molecule has 0 aromatic heterocycles. The number of thioether (sulfide) groups is 2. The first-order valence-electron chi connectivity index (χ1n) is 8.65. The molecule has 0 saturated carbocycles. The molecule has 0 amide bonds. The average molecular weight is 1050 g/mol. The van der Waals surface area contributed by atoms with Crippen molar-refractivity contribution in [1.82, 2.24) is 0 Å². The van der Waals surface area contributed by atoms with E-state index in [2.05, 4.69) is 107 Å². The van der Waals surface area contributed by atoms with Crippen molar-refractivity contribution in [2.45, 2.75) is 66.6 Å². The molecule has 0 bridgehead atoms. The van der Waals surface area contributed by atoms with Crippen LogP contribution >= 0.6 is 130 Å². The minimum atomic E-state index is -0.568. The predicted octanol–water partition coefficient (Wildman–Crippen LogP) is 9.39. The van der Waals surface area contributed by atoms with E-state index in [1.54, 1.807) is 47.6 Å². The van der Waals surface area contributed by atoms with Crippen LogP contribution in [-0.2, 0) is 24.0 Å². The van der Waals surface area contributed by atoms with Crippen molar-refractivity contribution in [2.75, 3.05) is 17.4 Å². The van der Waals surface area contributed by atoms with Gasteiger partial charge in [0.1, 0.15) is 23.7 Å². The number of nitriles is 2. The van der Waals surface area contributed by atoms with Crippen molar-refractivity contribution in [3.63, 3.8) is 0 Å². The third-order valence-electron chi connectivity index (χ3n) is 1.93. The van der Waals surface area contributed by atoms with Crippen molar-refractivity contribution in [1.29, 1.82) is 10.5 Å². The second kappa shape index (κ2) is 32.3. The van der Waals surface area contributed by atoms with Crippen molar-refractivity contribution in [3.05, 3.63) is 9.81 Å². The van der Waals surface area contributed by atoms with Crippen molar-refractivity contribution >= 4 is 147 Å². The van der Waals surface area contributed by atoms with Crippen LogP contribution in [0.25, 0.3) is 0 Å². The van der Waals surface area contributed by atoms with E-state index in [1.807, 2.05) is 27.8 Å². The molecule has 0 aliphatic carbocycles. The van der Waals surface area contributed by atoms with Crippen molar-refractivity contribution in [2.24, 2.45) is 0 Å². The molecule has 0 unspecified atom stereocenters. The first-order chi connectivity index (χ1) is 15.5. The van der Waals surface area contributed by atoms with E-state index in [1.165, 1.54) is 23.5 Å². The molecule has 0 spiro atoms. The molecule has 35 heavy (non-hydrogen) atoms. The Morgan fingerprint density at radius 3 is 1.43 bits per heavy atom. The number of carbonyl (C=O) groups excluding carboxylic acids is 2. The number of rotatable bonds is 4. The number of alkyl halides is 1. The van der Waals surface area contributed by atoms with Gasteiger partial charge in [0, 0.05) is 4.31 Å². The fourth-order valence-electron chi connectivity index (χ4n) is 1.23. The van der Waals surface area contributed by atoms with E-state index in [0.29, 0.717) is 4.24 Å². The van der Waals surface area contributed by atoms with E-state index in [-0.39, 0.29) is 24.3 Å². The van der Waals surface area contributed by atoms with Crippen LogP contribution in [0.3, 0.4) is 0 Å². The van der Waals surface area contributed by atoms with Crippen molar-refractivity contribution < 1.29 is 24.0 Å². The molecule has 0 radical (unpaired) electrons. The van der Waals surface area contributed by atoms with E-state index < -0.39 is 23.1 Å². The van der Waals surface area contributed by atoms with E-state index in [4.69, 9.17) is 20.0 Å². The Balaban J connectivity index is -0.0000000906. The van der Waals surface area contributed by atoms with Gasteiger partial charge in [-0.1, -0.05) is 30.0 Å². The topological polar surface area (TPSA) is 100 Å². The molecule has 204 valence electrons. The van der Waals surface area contributed by atoms with Gasteiger partial charge in [-0.25, -0.2) is 4.79 Å². The summed E-state index contributed by atoms with van der Waals surface area (Å²) in [5, 5.41) is 17.0. The Kier molecular flexibility index (Phi) is 46.1. The standard InChI is InChI=1S/C10H15NO2S2.C7H11NO2.CH3I.CS2.CH4.3HI.V/c1-10(2,3)13-8(12)7(6-11)9(14-4)15-5;1-7(2,3)10-6(9)4-5-8;1-2;2-1-3;;;;;/h1-5H3;4H2,1-3H3;1H3;;1H4;3*1H;/q;;;;;;;;+3/p-3. The number of halogens is 4. The summed E-state index contributed by atoms with van der Waals surface area (Å²) < 4.78 is 12.5. The first kappa shape index (κ1) is 50.0. The fourth-order valence-corrected chi connectivity index (χ4v) is 2.57. The molecule has 0 fully saturated rings. The molecule has 0 rings (SSSR count). The summed E-state index contributed by atoms with van der Waals surface area (Å²) in [7, 11) is 0. The van der Waals surface area contributed by atoms with Gasteiger partial charge in [-0.15, -0.1) is 23.5 Å². The summed E-state index contributed by atoms with van der Waals surface area (Å²) in [5.74, 6) is -1.02. The molecule has 0 N–H and O–H groups in total. The summed E-state index contributed by atoms with van der Waals surface area (Å²) in [4.78, 5) is 23.9. The zero-order valence-electron chi connectivity index (χ0n) is 20.3. The van der Waals surface area contributed by atoms with Gasteiger partial charge in [0.25, 0.3) is 0 Å². The number of hydrogen-bond donors (Lipinski definition) is 0. The van der Waals surface area contributed by atoms with Gasteiger partial charge in [0.15, 0.2) is 5.57 Å². The SMILES string of the molecule is C.CC(C)(C)OC(=O)CC#N.CI.CSC(SC)=C(C#N)C(=O)OC(C)(C)C.S=C=S.[I][V]([I])[I]. The molecule has 0 heterocycles. The monoisotopic (exact) mass is 1050 g/mol. The second-order valence-corrected chi connectivity index (χ2v) is 44.8. The zero-order chi connectivity index (χ0) is 28.5. The molecule has 0 aliphatic heterocycles.